The topological polar surface area (TPSA) is 66.4 Å². The van der Waals surface area contributed by atoms with E-state index >= 15 is 0 Å². The van der Waals surface area contributed by atoms with E-state index in [2.05, 4.69) is 5.32 Å². The van der Waals surface area contributed by atoms with Crippen LogP contribution in [0.3, 0.4) is 0 Å². The Morgan fingerprint density at radius 1 is 1.09 bits per heavy atom. The van der Waals surface area contributed by atoms with Crippen LogP contribution in [0.4, 0.5) is 0 Å². The summed E-state index contributed by atoms with van der Waals surface area (Å²) in [6, 6.07) is 12.8. The lowest BCUT2D eigenvalue weighted by Gasteiger charge is -2.18. The van der Waals surface area contributed by atoms with Crippen LogP contribution in [0.2, 0.25) is 10.0 Å². The molecule has 0 saturated heterocycles. The van der Waals surface area contributed by atoms with E-state index in [0.29, 0.717) is 10.6 Å². The smallest absolute Gasteiger partial charge is 0.305 e. The molecule has 0 bridgehead atoms. The highest BCUT2D eigenvalue weighted by Gasteiger charge is 2.20. The van der Waals surface area contributed by atoms with Gasteiger partial charge in [-0.1, -0.05) is 53.5 Å². The monoisotopic (exact) mass is 337 g/mol. The number of hydrogen-bond acceptors (Lipinski definition) is 2. The molecule has 1 amide bonds. The zero-order chi connectivity index (χ0) is 16.1. The number of nitrogens with one attached hydrogen (secondary N) is 1. The van der Waals surface area contributed by atoms with Crippen molar-refractivity contribution >= 4 is 35.1 Å². The molecule has 2 rings (SSSR count). The van der Waals surface area contributed by atoms with Crippen LogP contribution < -0.4 is 5.32 Å². The lowest BCUT2D eigenvalue weighted by Crippen LogP contribution is -2.30. The molecule has 0 aliphatic carbocycles. The summed E-state index contributed by atoms with van der Waals surface area (Å²) in [5.74, 6) is -1.45. The van der Waals surface area contributed by atoms with Crippen molar-refractivity contribution in [2.24, 2.45) is 0 Å². The maximum Gasteiger partial charge on any atom is 0.305 e. The third-order valence-corrected chi connectivity index (χ3v) is 3.61. The molecule has 0 aliphatic heterocycles. The molecule has 0 heterocycles. The number of rotatable bonds is 5. The molecule has 0 spiro atoms. The van der Waals surface area contributed by atoms with Crippen molar-refractivity contribution in [2.45, 2.75) is 12.5 Å². The lowest BCUT2D eigenvalue weighted by molar-refractivity contribution is -0.137. The van der Waals surface area contributed by atoms with E-state index in [1.807, 2.05) is 6.07 Å². The minimum atomic E-state index is -1.00. The van der Waals surface area contributed by atoms with Crippen molar-refractivity contribution in [3.05, 3.63) is 69.7 Å². The average molecular weight is 338 g/mol. The molecule has 2 aromatic rings. The molecule has 0 aromatic heterocycles. The standard InChI is InChI=1S/C16H13Cl2NO3/c17-11-6-7-12(13(18)8-11)16(22)19-14(9-15(20)21)10-4-2-1-3-5-10/h1-8,14H,9H2,(H,19,22)(H,20,21). The summed E-state index contributed by atoms with van der Waals surface area (Å²) < 4.78 is 0. The number of hydrogen-bond donors (Lipinski definition) is 2. The fourth-order valence-corrected chi connectivity index (χ4v) is 2.52. The van der Waals surface area contributed by atoms with Crippen LogP contribution in [0, 0.1) is 0 Å². The predicted molar refractivity (Wildman–Crippen MR) is 85.4 cm³/mol. The number of benzene rings is 2. The van der Waals surface area contributed by atoms with Crippen molar-refractivity contribution < 1.29 is 14.7 Å². The van der Waals surface area contributed by atoms with E-state index in [1.54, 1.807) is 30.3 Å². The number of carboxylic acid groups (broad SMARTS) is 1. The van der Waals surface area contributed by atoms with Gasteiger partial charge in [0.15, 0.2) is 0 Å². The lowest BCUT2D eigenvalue weighted by atomic mass is 10.0. The van der Waals surface area contributed by atoms with E-state index in [1.165, 1.54) is 12.1 Å². The van der Waals surface area contributed by atoms with E-state index in [-0.39, 0.29) is 17.0 Å². The molecule has 1 atom stereocenters. The maximum absolute atomic E-state index is 12.3. The first-order valence-corrected chi connectivity index (χ1v) is 7.25. The summed E-state index contributed by atoms with van der Waals surface area (Å²) >= 11 is 11.8. The number of aliphatic carboxylic acids is 1. The number of halogens is 2. The molecule has 0 aliphatic rings. The third kappa shape index (κ3) is 4.23. The van der Waals surface area contributed by atoms with Gasteiger partial charge >= 0.3 is 5.97 Å². The number of carbonyl (C=O) groups is 2. The van der Waals surface area contributed by atoms with Crippen molar-refractivity contribution in [2.75, 3.05) is 0 Å². The predicted octanol–water partition coefficient (Wildman–Crippen LogP) is 3.94. The zero-order valence-electron chi connectivity index (χ0n) is 11.4. The van der Waals surface area contributed by atoms with Gasteiger partial charge in [0, 0.05) is 5.02 Å². The largest absolute Gasteiger partial charge is 0.481 e. The molecular weight excluding hydrogens is 325 g/mol. The minimum Gasteiger partial charge on any atom is -0.481 e. The van der Waals surface area contributed by atoms with Gasteiger partial charge in [-0.05, 0) is 23.8 Å². The van der Waals surface area contributed by atoms with Crippen LogP contribution in [-0.4, -0.2) is 17.0 Å². The van der Waals surface area contributed by atoms with Gasteiger partial charge in [-0.15, -0.1) is 0 Å². The van der Waals surface area contributed by atoms with Gasteiger partial charge in [-0.2, -0.15) is 0 Å². The van der Waals surface area contributed by atoms with Crippen molar-refractivity contribution in [3.63, 3.8) is 0 Å². The Labute approximate surface area is 137 Å². The Balaban J connectivity index is 2.23. The molecule has 2 aromatic carbocycles. The molecule has 1 unspecified atom stereocenters. The summed E-state index contributed by atoms with van der Waals surface area (Å²) in [6.07, 6.45) is -0.221. The first-order chi connectivity index (χ1) is 10.5. The van der Waals surface area contributed by atoms with Gasteiger partial charge in [0.05, 0.1) is 23.0 Å². The molecule has 114 valence electrons. The minimum absolute atomic E-state index is 0.215. The van der Waals surface area contributed by atoms with Crippen molar-refractivity contribution in [3.8, 4) is 0 Å². The molecule has 2 N–H and O–H groups in total. The van der Waals surface area contributed by atoms with Gasteiger partial charge in [0.25, 0.3) is 5.91 Å². The maximum atomic E-state index is 12.3. The van der Waals surface area contributed by atoms with Gasteiger partial charge < -0.3 is 10.4 Å². The molecular formula is C16H13Cl2NO3. The van der Waals surface area contributed by atoms with Gasteiger partial charge in [0.1, 0.15) is 0 Å². The SMILES string of the molecule is O=C(O)CC(NC(=O)c1ccc(Cl)cc1Cl)c1ccccc1. The van der Waals surface area contributed by atoms with Crippen LogP contribution >= 0.6 is 23.2 Å². The molecule has 22 heavy (non-hydrogen) atoms. The summed E-state index contributed by atoms with van der Waals surface area (Å²) in [7, 11) is 0. The quantitative estimate of drug-likeness (QED) is 0.868. The Hall–Kier alpha value is -2.04. The van der Waals surface area contributed by atoms with E-state index < -0.39 is 17.9 Å². The highest BCUT2D eigenvalue weighted by molar-refractivity contribution is 6.36. The van der Waals surface area contributed by atoms with Crippen LogP contribution in [0.25, 0.3) is 0 Å². The molecule has 0 fully saturated rings. The van der Waals surface area contributed by atoms with E-state index in [0.717, 1.165) is 0 Å². The highest BCUT2D eigenvalue weighted by Crippen LogP contribution is 2.23. The normalized spacial score (nSPS) is 11.7. The van der Waals surface area contributed by atoms with E-state index in [4.69, 9.17) is 28.3 Å². The fraction of sp³-hybridized carbons (Fsp3) is 0.125. The first-order valence-electron chi connectivity index (χ1n) is 6.50. The zero-order valence-corrected chi connectivity index (χ0v) is 12.9. The molecule has 4 nitrogen and oxygen atoms in total. The third-order valence-electron chi connectivity index (χ3n) is 3.06. The van der Waals surface area contributed by atoms with Crippen LogP contribution in [-0.2, 0) is 4.79 Å². The highest BCUT2D eigenvalue weighted by atomic mass is 35.5. The van der Waals surface area contributed by atoms with Gasteiger partial charge in [-0.25, -0.2) is 0 Å². The first kappa shape index (κ1) is 16.3. The Morgan fingerprint density at radius 2 is 1.77 bits per heavy atom. The second-order valence-electron chi connectivity index (χ2n) is 4.66. The number of carbonyl (C=O) groups excluding carboxylic acids is 1. The van der Waals surface area contributed by atoms with Crippen LogP contribution in [0.15, 0.2) is 48.5 Å². The summed E-state index contributed by atoms with van der Waals surface area (Å²) in [5.41, 5.74) is 0.959. The van der Waals surface area contributed by atoms with E-state index in [9.17, 15) is 9.59 Å². The Bertz CT molecular complexity index is 689. The molecule has 6 heteroatoms. The fourth-order valence-electron chi connectivity index (χ4n) is 2.02. The van der Waals surface area contributed by atoms with Crippen LogP contribution in [0.5, 0.6) is 0 Å². The summed E-state index contributed by atoms with van der Waals surface area (Å²) in [5, 5.41) is 12.4. The molecule has 0 saturated carbocycles. The number of amides is 1. The molecule has 0 radical (unpaired) electrons. The van der Waals surface area contributed by atoms with Gasteiger partial charge in [0.2, 0.25) is 0 Å². The summed E-state index contributed by atoms with van der Waals surface area (Å²) in [4.78, 5) is 23.3. The summed E-state index contributed by atoms with van der Waals surface area (Å²) in [6.45, 7) is 0. The second kappa shape index (κ2) is 7.29. The van der Waals surface area contributed by atoms with Crippen molar-refractivity contribution in [1.82, 2.24) is 5.32 Å². The Kier molecular flexibility index (Phi) is 5.41. The van der Waals surface area contributed by atoms with Crippen molar-refractivity contribution in [1.29, 1.82) is 0 Å². The second-order valence-corrected chi connectivity index (χ2v) is 5.50. The van der Waals surface area contributed by atoms with Gasteiger partial charge in [-0.3, -0.25) is 9.59 Å². The Morgan fingerprint density at radius 3 is 2.36 bits per heavy atom. The number of carboxylic acids is 1. The van der Waals surface area contributed by atoms with Crippen LogP contribution in [0.1, 0.15) is 28.4 Å². The average Bonchev–Trinajstić information content (AvgIpc) is 2.46.